The molecule has 0 spiro atoms. The summed E-state index contributed by atoms with van der Waals surface area (Å²) in [6.45, 7) is 0. The van der Waals surface area contributed by atoms with Crippen molar-refractivity contribution in [1.82, 2.24) is 19.5 Å². The van der Waals surface area contributed by atoms with Crippen LogP contribution in [0.5, 0.6) is 0 Å². The summed E-state index contributed by atoms with van der Waals surface area (Å²) in [5.41, 5.74) is 6.66. The van der Waals surface area contributed by atoms with Crippen LogP contribution in [0.4, 0.5) is 5.82 Å². The fourth-order valence-corrected chi connectivity index (χ4v) is 2.33. The number of imidazole rings is 1. The predicted octanol–water partition coefficient (Wildman–Crippen LogP) is 1.14. The molecular weight excluding hydrogens is 262 g/mol. The highest BCUT2D eigenvalue weighted by atomic mass is 32.2. The Balaban J connectivity index is 2.22. The molecule has 1 atom stereocenters. The third-order valence-corrected chi connectivity index (χ3v) is 3.67. The molecule has 0 saturated carbocycles. The van der Waals surface area contributed by atoms with Crippen LogP contribution in [0.1, 0.15) is 0 Å². The first-order valence-corrected chi connectivity index (χ1v) is 7.10. The van der Waals surface area contributed by atoms with Crippen LogP contribution in [-0.4, -0.2) is 30.0 Å². The monoisotopic (exact) mass is 273 g/mol. The number of rotatable bonds is 2. The first-order valence-electron chi connectivity index (χ1n) is 5.54. The molecule has 1 unspecified atom stereocenters. The molecule has 0 aliphatic carbocycles. The summed E-state index contributed by atoms with van der Waals surface area (Å²) in [6, 6.07) is 5.34. The standard InChI is InChI=1S/C12H11N5OS/c1-19(18)8-2-3-10-9(6-8)11(13)16-12(15-10)17-5-4-14-7-17/h2-7H,1H3,(H2,13,15,16). The summed E-state index contributed by atoms with van der Waals surface area (Å²) >= 11 is 0. The summed E-state index contributed by atoms with van der Waals surface area (Å²) in [5.74, 6) is 0.828. The van der Waals surface area contributed by atoms with Crippen LogP contribution in [0.2, 0.25) is 0 Å². The van der Waals surface area contributed by atoms with E-state index in [2.05, 4.69) is 15.0 Å². The van der Waals surface area contributed by atoms with E-state index in [0.717, 1.165) is 0 Å². The lowest BCUT2D eigenvalue weighted by Gasteiger charge is -2.06. The molecule has 0 aliphatic heterocycles. The van der Waals surface area contributed by atoms with Crippen molar-refractivity contribution in [2.75, 3.05) is 12.0 Å². The average Bonchev–Trinajstić information content (AvgIpc) is 2.92. The lowest BCUT2D eigenvalue weighted by atomic mass is 10.2. The van der Waals surface area contributed by atoms with Crippen molar-refractivity contribution in [1.29, 1.82) is 0 Å². The quantitative estimate of drug-likeness (QED) is 0.756. The molecule has 3 aromatic rings. The van der Waals surface area contributed by atoms with Crippen molar-refractivity contribution in [3.05, 3.63) is 36.9 Å². The van der Waals surface area contributed by atoms with Gasteiger partial charge in [0.1, 0.15) is 12.1 Å². The van der Waals surface area contributed by atoms with Crippen LogP contribution in [0, 0.1) is 0 Å². The molecule has 7 heteroatoms. The minimum absolute atomic E-state index is 0.362. The number of benzene rings is 1. The molecule has 0 bridgehead atoms. The number of hydrogen-bond donors (Lipinski definition) is 1. The second kappa shape index (κ2) is 4.43. The van der Waals surface area contributed by atoms with E-state index >= 15 is 0 Å². The highest BCUT2D eigenvalue weighted by Crippen LogP contribution is 2.21. The van der Waals surface area contributed by atoms with Crippen molar-refractivity contribution in [2.24, 2.45) is 0 Å². The van der Waals surface area contributed by atoms with Gasteiger partial charge in [0.05, 0.1) is 5.52 Å². The molecule has 0 amide bonds. The van der Waals surface area contributed by atoms with E-state index in [4.69, 9.17) is 5.73 Å². The molecule has 6 nitrogen and oxygen atoms in total. The van der Waals surface area contributed by atoms with Crippen LogP contribution in [0.25, 0.3) is 16.9 Å². The molecule has 19 heavy (non-hydrogen) atoms. The van der Waals surface area contributed by atoms with Gasteiger partial charge < -0.3 is 5.73 Å². The molecule has 0 saturated heterocycles. The van der Waals surface area contributed by atoms with Crippen molar-refractivity contribution in [2.45, 2.75) is 4.90 Å². The lowest BCUT2D eigenvalue weighted by molar-refractivity contribution is 0.687. The van der Waals surface area contributed by atoms with E-state index in [1.807, 2.05) is 0 Å². The van der Waals surface area contributed by atoms with Gasteiger partial charge >= 0.3 is 0 Å². The smallest absolute Gasteiger partial charge is 0.237 e. The SMILES string of the molecule is CS(=O)c1ccc2nc(-n3ccnc3)nc(N)c2c1. The minimum Gasteiger partial charge on any atom is -0.383 e. The summed E-state index contributed by atoms with van der Waals surface area (Å²) in [4.78, 5) is 13.3. The molecule has 96 valence electrons. The van der Waals surface area contributed by atoms with E-state index in [0.29, 0.717) is 27.6 Å². The average molecular weight is 273 g/mol. The zero-order chi connectivity index (χ0) is 13.4. The van der Waals surface area contributed by atoms with E-state index in [1.165, 1.54) is 0 Å². The fraction of sp³-hybridized carbons (Fsp3) is 0.0833. The van der Waals surface area contributed by atoms with Gasteiger partial charge in [0.2, 0.25) is 5.95 Å². The first-order chi connectivity index (χ1) is 9.15. The largest absolute Gasteiger partial charge is 0.383 e. The number of aromatic nitrogens is 4. The zero-order valence-electron chi connectivity index (χ0n) is 10.1. The maximum absolute atomic E-state index is 11.5. The van der Waals surface area contributed by atoms with Gasteiger partial charge in [-0.25, -0.2) is 9.97 Å². The molecule has 0 fully saturated rings. The summed E-state index contributed by atoms with van der Waals surface area (Å²) in [6.07, 6.45) is 6.62. The molecular formula is C12H11N5OS. The minimum atomic E-state index is -1.05. The Bertz CT molecular complexity index is 769. The number of nitrogens with zero attached hydrogens (tertiary/aromatic N) is 4. The number of anilines is 1. The van der Waals surface area contributed by atoms with Crippen molar-refractivity contribution in [3.63, 3.8) is 0 Å². The van der Waals surface area contributed by atoms with Gasteiger partial charge in [-0.05, 0) is 18.2 Å². The number of hydrogen-bond acceptors (Lipinski definition) is 5. The zero-order valence-corrected chi connectivity index (χ0v) is 11.0. The number of nitrogens with two attached hydrogens (primary N) is 1. The van der Waals surface area contributed by atoms with E-state index in [-0.39, 0.29) is 0 Å². The van der Waals surface area contributed by atoms with Gasteiger partial charge in [0.15, 0.2) is 0 Å². The molecule has 3 rings (SSSR count). The van der Waals surface area contributed by atoms with Crippen LogP contribution in [-0.2, 0) is 10.8 Å². The Hall–Kier alpha value is -2.28. The second-order valence-electron chi connectivity index (χ2n) is 4.01. The van der Waals surface area contributed by atoms with Crippen LogP contribution < -0.4 is 5.73 Å². The van der Waals surface area contributed by atoms with E-state index in [9.17, 15) is 4.21 Å². The van der Waals surface area contributed by atoms with Crippen molar-refractivity contribution in [3.8, 4) is 5.95 Å². The van der Waals surface area contributed by atoms with Crippen LogP contribution >= 0.6 is 0 Å². The lowest BCUT2D eigenvalue weighted by Crippen LogP contribution is -2.03. The molecule has 0 aliphatic rings. The summed E-state index contributed by atoms with van der Waals surface area (Å²) < 4.78 is 13.2. The highest BCUT2D eigenvalue weighted by molar-refractivity contribution is 7.84. The Labute approximate surface area is 111 Å². The first kappa shape index (κ1) is 11.8. The molecule has 2 aromatic heterocycles. The molecule has 2 N–H and O–H groups in total. The highest BCUT2D eigenvalue weighted by Gasteiger charge is 2.08. The maximum atomic E-state index is 11.5. The summed E-state index contributed by atoms with van der Waals surface area (Å²) in [5, 5.41) is 0.705. The Morgan fingerprint density at radius 2 is 2.16 bits per heavy atom. The molecule has 2 heterocycles. The summed E-state index contributed by atoms with van der Waals surface area (Å²) in [7, 11) is -1.05. The van der Waals surface area contributed by atoms with E-state index < -0.39 is 10.8 Å². The van der Waals surface area contributed by atoms with Crippen LogP contribution in [0.15, 0.2) is 41.8 Å². The topological polar surface area (TPSA) is 86.7 Å². The third kappa shape index (κ3) is 2.08. The number of nitrogen functional groups attached to an aromatic ring is 1. The number of fused-ring (bicyclic) bond motifs is 1. The predicted molar refractivity (Wildman–Crippen MR) is 73.4 cm³/mol. The second-order valence-corrected chi connectivity index (χ2v) is 5.39. The molecule has 1 aromatic carbocycles. The van der Waals surface area contributed by atoms with Gasteiger partial charge in [-0.2, -0.15) is 4.98 Å². The van der Waals surface area contributed by atoms with Crippen molar-refractivity contribution < 1.29 is 4.21 Å². The third-order valence-electron chi connectivity index (χ3n) is 2.75. The van der Waals surface area contributed by atoms with Gasteiger partial charge in [-0.1, -0.05) is 0 Å². The van der Waals surface area contributed by atoms with Crippen molar-refractivity contribution >= 4 is 27.5 Å². The van der Waals surface area contributed by atoms with Gasteiger partial charge in [0.25, 0.3) is 0 Å². The Morgan fingerprint density at radius 3 is 2.84 bits per heavy atom. The fourth-order valence-electron chi connectivity index (χ4n) is 1.79. The Morgan fingerprint density at radius 1 is 1.32 bits per heavy atom. The van der Waals surface area contributed by atoms with Gasteiger partial charge in [-0.3, -0.25) is 8.78 Å². The van der Waals surface area contributed by atoms with Gasteiger partial charge in [-0.15, -0.1) is 0 Å². The normalized spacial score (nSPS) is 12.7. The maximum Gasteiger partial charge on any atom is 0.237 e. The Kier molecular flexibility index (Phi) is 2.75. The van der Waals surface area contributed by atoms with Gasteiger partial charge in [0, 0.05) is 39.7 Å². The van der Waals surface area contributed by atoms with E-state index in [1.54, 1.807) is 47.7 Å². The molecule has 0 radical (unpaired) electrons. The van der Waals surface area contributed by atoms with Crippen LogP contribution in [0.3, 0.4) is 0 Å².